The monoisotopic (exact) mass is 382 g/mol. The van der Waals surface area contributed by atoms with Gasteiger partial charge in [-0.05, 0) is 48.9 Å². The third kappa shape index (κ3) is 5.27. The van der Waals surface area contributed by atoms with Gasteiger partial charge in [0, 0.05) is 19.2 Å². The molecule has 25 heavy (non-hydrogen) atoms. The SMILES string of the molecule is COCCNS(=O)(=O)c1ccc(C(=O)Nc2ccc(C)cc2Cl)cc1. The number of halogens is 1. The summed E-state index contributed by atoms with van der Waals surface area (Å²) < 4.78 is 31.4. The van der Waals surface area contributed by atoms with Gasteiger partial charge in [0.05, 0.1) is 22.2 Å². The molecule has 0 aromatic heterocycles. The van der Waals surface area contributed by atoms with Gasteiger partial charge in [-0.1, -0.05) is 17.7 Å². The Hall–Kier alpha value is -1.93. The summed E-state index contributed by atoms with van der Waals surface area (Å²) in [4.78, 5) is 12.3. The van der Waals surface area contributed by atoms with Gasteiger partial charge in [-0.25, -0.2) is 13.1 Å². The van der Waals surface area contributed by atoms with Crippen LogP contribution < -0.4 is 10.0 Å². The van der Waals surface area contributed by atoms with Crippen LogP contribution in [0.4, 0.5) is 5.69 Å². The fourth-order valence-corrected chi connectivity index (χ4v) is 3.36. The molecular weight excluding hydrogens is 364 g/mol. The molecule has 6 nitrogen and oxygen atoms in total. The molecule has 0 aliphatic rings. The van der Waals surface area contributed by atoms with Crippen molar-refractivity contribution in [1.29, 1.82) is 0 Å². The number of hydrogen-bond acceptors (Lipinski definition) is 4. The van der Waals surface area contributed by atoms with Crippen LogP contribution in [0.15, 0.2) is 47.4 Å². The third-order valence-corrected chi connectivity index (χ3v) is 5.19. The average molecular weight is 383 g/mol. The number of methoxy groups -OCH3 is 1. The highest BCUT2D eigenvalue weighted by Gasteiger charge is 2.15. The lowest BCUT2D eigenvalue weighted by Gasteiger charge is -2.09. The van der Waals surface area contributed by atoms with Crippen LogP contribution in [-0.4, -0.2) is 34.6 Å². The van der Waals surface area contributed by atoms with Crippen molar-refractivity contribution in [1.82, 2.24) is 4.72 Å². The molecule has 0 saturated heterocycles. The second-order valence-corrected chi connectivity index (χ2v) is 7.53. The Morgan fingerprint density at radius 1 is 1.16 bits per heavy atom. The van der Waals surface area contributed by atoms with Crippen LogP contribution in [-0.2, 0) is 14.8 Å². The number of sulfonamides is 1. The standard InChI is InChI=1S/C17H19ClN2O4S/c1-12-3-8-16(15(18)11-12)20-17(21)13-4-6-14(7-5-13)25(22,23)19-9-10-24-2/h3-8,11,19H,9-10H2,1-2H3,(H,20,21). The molecule has 1 amide bonds. The largest absolute Gasteiger partial charge is 0.383 e. The molecule has 0 aliphatic carbocycles. The molecule has 0 bridgehead atoms. The Bertz CT molecular complexity index is 851. The number of aryl methyl sites for hydroxylation is 1. The van der Waals surface area contributed by atoms with Crippen LogP contribution in [0.3, 0.4) is 0 Å². The van der Waals surface area contributed by atoms with E-state index in [0.29, 0.717) is 16.3 Å². The van der Waals surface area contributed by atoms with Gasteiger partial charge in [-0.15, -0.1) is 0 Å². The highest BCUT2D eigenvalue weighted by molar-refractivity contribution is 7.89. The first-order valence-corrected chi connectivity index (χ1v) is 9.36. The van der Waals surface area contributed by atoms with E-state index in [1.807, 2.05) is 13.0 Å². The Morgan fingerprint density at radius 2 is 1.84 bits per heavy atom. The fourth-order valence-electron chi connectivity index (χ4n) is 2.06. The van der Waals surface area contributed by atoms with E-state index in [2.05, 4.69) is 10.0 Å². The Kier molecular flexibility index (Phi) is 6.55. The van der Waals surface area contributed by atoms with Gasteiger partial charge in [0.15, 0.2) is 0 Å². The van der Waals surface area contributed by atoms with Crippen LogP contribution in [0.1, 0.15) is 15.9 Å². The van der Waals surface area contributed by atoms with Crippen molar-refractivity contribution in [3.8, 4) is 0 Å². The maximum absolute atomic E-state index is 12.3. The molecule has 0 spiro atoms. The van der Waals surface area contributed by atoms with Gasteiger partial charge in [0.1, 0.15) is 0 Å². The number of anilines is 1. The summed E-state index contributed by atoms with van der Waals surface area (Å²) in [6.45, 7) is 2.35. The summed E-state index contributed by atoms with van der Waals surface area (Å²) in [6.07, 6.45) is 0. The molecule has 134 valence electrons. The molecule has 2 aromatic rings. The zero-order chi connectivity index (χ0) is 18.4. The molecule has 0 unspecified atom stereocenters. The number of carbonyl (C=O) groups excluding carboxylic acids is 1. The van der Waals surface area contributed by atoms with Crippen LogP contribution >= 0.6 is 11.6 Å². The number of rotatable bonds is 7. The minimum absolute atomic E-state index is 0.0773. The molecule has 2 rings (SSSR count). The summed E-state index contributed by atoms with van der Waals surface area (Å²) in [6, 6.07) is 10.9. The van der Waals surface area contributed by atoms with E-state index in [0.717, 1.165) is 5.56 Å². The highest BCUT2D eigenvalue weighted by Crippen LogP contribution is 2.23. The molecule has 0 radical (unpaired) electrons. The summed E-state index contributed by atoms with van der Waals surface area (Å²) >= 11 is 6.09. The molecular formula is C17H19ClN2O4S. The quantitative estimate of drug-likeness (QED) is 0.721. The lowest BCUT2D eigenvalue weighted by Crippen LogP contribution is -2.27. The molecule has 0 heterocycles. The van der Waals surface area contributed by atoms with Crippen molar-refractivity contribution in [2.24, 2.45) is 0 Å². The van der Waals surface area contributed by atoms with E-state index in [1.165, 1.54) is 31.4 Å². The van der Waals surface area contributed by atoms with Crippen molar-refractivity contribution in [3.63, 3.8) is 0 Å². The number of nitrogens with one attached hydrogen (secondary N) is 2. The fraction of sp³-hybridized carbons (Fsp3) is 0.235. The number of carbonyl (C=O) groups is 1. The zero-order valence-electron chi connectivity index (χ0n) is 13.9. The maximum Gasteiger partial charge on any atom is 0.255 e. The topological polar surface area (TPSA) is 84.5 Å². The maximum atomic E-state index is 12.3. The van der Waals surface area contributed by atoms with Crippen molar-refractivity contribution in [2.45, 2.75) is 11.8 Å². The van der Waals surface area contributed by atoms with Crippen molar-refractivity contribution >= 4 is 33.2 Å². The van der Waals surface area contributed by atoms with Crippen molar-refractivity contribution in [2.75, 3.05) is 25.6 Å². The smallest absolute Gasteiger partial charge is 0.255 e. The summed E-state index contributed by atoms with van der Waals surface area (Å²) in [5, 5.41) is 3.14. The van der Waals surface area contributed by atoms with Crippen LogP contribution in [0, 0.1) is 6.92 Å². The number of amides is 1. The predicted octanol–water partition coefficient (Wildman–Crippen LogP) is 2.83. The summed E-state index contributed by atoms with van der Waals surface area (Å²) in [7, 11) is -2.14. The molecule has 8 heteroatoms. The summed E-state index contributed by atoms with van der Waals surface area (Å²) in [5.74, 6) is -0.373. The van der Waals surface area contributed by atoms with Crippen LogP contribution in [0.5, 0.6) is 0 Å². The van der Waals surface area contributed by atoms with Gasteiger partial charge in [0.2, 0.25) is 10.0 Å². The Labute approximate surface area is 152 Å². The molecule has 0 atom stereocenters. The van der Waals surface area contributed by atoms with Gasteiger partial charge >= 0.3 is 0 Å². The normalized spacial score (nSPS) is 11.3. The molecule has 2 aromatic carbocycles. The van der Waals surface area contributed by atoms with Crippen LogP contribution in [0.2, 0.25) is 5.02 Å². The lowest BCUT2D eigenvalue weighted by atomic mass is 10.2. The zero-order valence-corrected chi connectivity index (χ0v) is 15.4. The van der Waals surface area contributed by atoms with Gasteiger partial charge < -0.3 is 10.1 Å². The van der Waals surface area contributed by atoms with Gasteiger partial charge in [0.25, 0.3) is 5.91 Å². The van der Waals surface area contributed by atoms with Crippen molar-refractivity contribution in [3.05, 3.63) is 58.6 Å². The second-order valence-electron chi connectivity index (χ2n) is 5.35. The minimum atomic E-state index is -3.63. The average Bonchev–Trinajstić information content (AvgIpc) is 2.57. The predicted molar refractivity (Wildman–Crippen MR) is 97.6 cm³/mol. The van der Waals surface area contributed by atoms with Crippen molar-refractivity contribution < 1.29 is 17.9 Å². The van der Waals surface area contributed by atoms with E-state index < -0.39 is 10.0 Å². The molecule has 2 N–H and O–H groups in total. The molecule has 0 fully saturated rings. The first-order valence-electron chi connectivity index (χ1n) is 7.49. The van der Waals surface area contributed by atoms with Gasteiger partial charge in [-0.3, -0.25) is 4.79 Å². The molecule has 0 saturated carbocycles. The third-order valence-electron chi connectivity index (χ3n) is 3.40. The number of ether oxygens (including phenoxy) is 1. The Morgan fingerprint density at radius 3 is 2.44 bits per heavy atom. The molecule has 0 aliphatic heterocycles. The van der Waals surface area contributed by atoms with E-state index in [9.17, 15) is 13.2 Å². The van der Waals surface area contributed by atoms with Crippen LogP contribution in [0.25, 0.3) is 0 Å². The highest BCUT2D eigenvalue weighted by atomic mass is 35.5. The van der Waals surface area contributed by atoms with Gasteiger partial charge in [-0.2, -0.15) is 0 Å². The lowest BCUT2D eigenvalue weighted by molar-refractivity contribution is 0.102. The minimum Gasteiger partial charge on any atom is -0.383 e. The summed E-state index contributed by atoms with van der Waals surface area (Å²) in [5.41, 5.74) is 1.81. The first-order chi connectivity index (χ1) is 11.8. The van der Waals surface area contributed by atoms with E-state index in [4.69, 9.17) is 16.3 Å². The second kappa shape index (κ2) is 8.44. The van der Waals surface area contributed by atoms with E-state index >= 15 is 0 Å². The number of hydrogen-bond donors (Lipinski definition) is 2. The van der Waals surface area contributed by atoms with E-state index in [1.54, 1.807) is 12.1 Å². The first kappa shape index (κ1) is 19.4. The number of benzene rings is 2. The Balaban J connectivity index is 2.09. The van der Waals surface area contributed by atoms with E-state index in [-0.39, 0.29) is 24.0 Å².